The highest BCUT2D eigenvalue weighted by Crippen LogP contribution is 2.49. The third kappa shape index (κ3) is 3.16. The highest BCUT2D eigenvalue weighted by atomic mass is 35.5. The van der Waals surface area contributed by atoms with Gasteiger partial charge in [-0.1, -0.05) is 86.0 Å². The molecule has 4 heterocycles. The minimum Gasteiger partial charge on any atom is -0.292 e. The first kappa shape index (κ1) is 24.1. The van der Waals surface area contributed by atoms with Gasteiger partial charge in [0.05, 0.1) is 16.4 Å². The van der Waals surface area contributed by atoms with Gasteiger partial charge in [-0.15, -0.1) is 22.7 Å². The van der Waals surface area contributed by atoms with Gasteiger partial charge in [0.15, 0.2) is 5.82 Å². The molecule has 0 aliphatic carbocycles. The number of thiophene rings is 2. The van der Waals surface area contributed by atoms with Crippen LogP contribution in [0.5, 0.6) is 0 Å². The lowest BCUT2D eigenvalue weighted by molar-refractivity contribution is 1.08. The second-order valence-electron chi connectivity index (χ2n) is 10.4. The molecule has 198 valence electrons. The molecular weight excluding hydrogens is 574 g/mol. The zero-order valence-corrected chi connectivity index (χ0v) is 24.6. The van der Waals surface area contributed by atoms with Crippen LogP contribution in [0.1, 0.15) is 11.1 Å². The van der Waals surface area contributed by atoms with Crippen molar-refractivity contribution in [3.8, 4) is 5.82 Å². The molecule has 0 radical (unpaired) electrons. The Balaban J connectivity index is 1.60. The second-order valence-corrected chi connectivity index (χ2v) is 12.9. The van der Waals surface area contributed by atoms with E-state index in [-0.39, 0.29) is 5.28 Å². The van der Waals surface area contributed by atoms with Gasteiger partial charge in [0.25, 0.3) is 0 Å². The van der Waals surface area contributed by atoms with E-state index >= 15 is 0 Å². The summed E-state index contributed by atoms with van der Waals surface area (Å²) in [6, 6.07) is 30.3. The van der Waals surface area contributed by atoms with Crippen molar-refractivity contribution < 1.29 is 0 Å². The number of fused-ring (bicyclic) bond motifs is 13. The minimum atomic E-state index is 0.242. The molecule has 4 aromatic heterocycles. The van der Waals surface area contributed by atoms with Crippen LogP contribution >= 0.6 is 34.3 Å². The predicted molar refractivity (Wildman–Crippen MR) is 185 cm³/mol. The topological polar surface area (TPSA) is 30.7 Å². The average Bonchev–Trinajstić information content (AvgIpc) is 3.69. The summed E-state index contributed by atoms with van der Waals surface area (Å²) in [7, 11) is 0. The summed E-state index contributed by atoms with van der Waals surface area (Å²) < 4.78 is 5.99. The van der Waals surface area contributed by atoms with Gasteiger partial charge >= 0.3 is 0 Å². The van der Waals surface area contributed by atoms with Crippen LogP contribution < -0.4 is 0 Å². The summed E-state index contributed by atoms with van der Waals surface area (Å²) >= 11 is 10.2. The monoisotopic (exact) mass is 593 g/mol. The van der Waals surface area contributed by atoms with E-state index in [2.05, 4.69) is 108 Å². The molecular formula is C36H20ClN3S2. The summed E-state index contributed by atoms with van der Waals surface area (Å²) in [4.78, 5) is 10.5. The molecule has 0 N–H and O–H groups in total. The standard InChI is InChI=1S/C36H20ClN3S2/c1-3-19-13-15-21-25(17-19)32-30(33-29(21)24-16-14-20(4-2)18-28(24)41-33)22-9-5-7-11-26(22)40(32)34-31-23-10-6-8-12-27(23)42-35(31)39-36(37)38-34/h3-18H,1-2H2. The first-order valence-corrected chi connectivity index (χ1v) is 15.6. The molecule has 6 heteroatoms. The Hall–Kier alpha value is -4.55. The quantitative estimate of drug-likeness (QED) is 0.191. The van der Waals surface area contributed by atoms with E-state index in [1.807, 2.05) is 23.5 Å². The van der Waals surface area contributed by atoms with Crippen LogP contribution in [-0.4, -0.2) is 14.5 Å². The molecule has 0 aliphatic heterocycles. The van der Waals surface area contributed by atoms with E-state index in [9.17, 15) is 0 Å². The number of rotatable bonds is 3. The molecule has 9 aromatic rings. The fraction of sp³-hybridized carbons (Fsp3) is 0. The zero-order valence-electron chi connectivity index (χ0n) is 22.2. The van der Waals surface area contributed by atoms with Gasteiger partial charge in [-0.05, 0) is 52.4 Å². The Morgan fingerprint density at radius 2 is 1.36 bits per heavy atom. The van der Waals surface area contributed by atoms with Crippen molar-refractivity contribution in [3.05, 3.63) is 114 Å². The van der Waals surface area contributed by atoms with Gasteiger partial charge in [-0.2, -0.15) is 4.98 Å². The summed E-state index contributed by atoms with van der Waals surface area (Å²) in [6.07, 6.45) is 3.83. The molecule has 0 bridgehead atoms. The maximum absolute atomic E-state index is 6.67. The van der Waals surface area contributed by atoms with Crippen molar-refractivity contribution in [1.82, 2.24) is 14.5 Å². The summed E-state index contributed by atoms with van der Waals surface area (Å²) in [5.41, 5.74) is 4.39. The molecule has 0 atom stereocenters. The molecule has 0 saturated heterocycles. The lowest BCUT2D eigenvalue weighted by atomic mass is 9.97. The Morgan fingerprint density at radius 3 is 2.19 bits per heavy atom. The van der Waals surface area contributed by atoms with E-state index in [1.165, 1.54) is 36.3 Å². The van der Waals surface area contributed by atoms with Crippen LogP contribution in [-0.2, 0) is 0 Å². The van der Waals surface area contributed by atoms with Gasteiger partial charge in [0.2, 0.25) is 5.28 Å². The van der Waals surface area contributed by atoms with Gasteiger partial charge < -0.3 is 0 Å². The maximum atomic E-state index is 6.67. The lowest BCUT2D eigenvalue weighted by Crippen LogP contribution is -2.00. The van der Waals surface area contributed by atoms with Crippen molar-refractivity contribution in [3.63, 3.8) is 0 Å². The van der Waals surface area contributed by atoms with Gasteiger partial charge in [0.1, 0.15) is 4.83 Å². The molecule has 0 amide bonds. The van der Waals surface area contributed by atoms with E-state index < -0.39 is 0 Å². The number of hydrogen-bond donors (Lipinski definition) is 0. The van der Waals surface area contributed by atoms with Gasteiger partial charge in [0, 0.05) is 46.4 Å². The van der Waals surface area contributed by atoms with E-state index in [0.29, 0.717) is 0 Å². The first-order chi connectivity index (χ1) is 20.6. The second kappa shape index (κ2) is 8.73. The molecule has 42 heavy (non-hydrogen) atoms. The van der Waals surface area contributed by atoms with Crippen LogP contribution in [0.15, 0.2) is 98.1 Å². The largest absolute Gasteiger partial charge is 0.292 e. The zero-order chi connectivity index (χ0) is 28.1. The molecule has 3 nitrogen and oxygen atoms in total. The average molecular weight is 594 g/mol. The number of aromatic nitrogens is 3. The SMILES string of the molecule is C=Cc1ccc2c(c1)sc1c2c2ccc(C=C)cc2c2c1c1ccccc1n2-c1nc(Cl)nc2sc3ccccc3c12. The Labute approximate surface area is 253 Å². The fourth-order valence-corrected chi connectivity index (χ4v) is 9.08. The van der Waals surface area contributed by atoms with Crippen molar-refractivity contribution in [1.29, 1.82) is 0 Å². The predicted octanol–water partition coefficient (Wildman–Crippen LogP) is 11.4. The molecule has 0 spiro atoms. The van der Waals surface area contributed by atoms with Gasteiger partial charge in [-0.3, -0.25) is 4.57 Å². The normalized spacial score (nSPS) is 12.1. The summed E-state index contributed by atoms with van der Waals surface area (Å²) in [5, 5.41) is 9.68. The molecule has 0 fully saturated rings. The van der Waals surface area contributed by atoms with E-state index in [1.54, 1.807) is 11.3 Å². The Morgan fingerprint density at radius 1 is 0.643 bits per heavy atom. The lowest BCUT2D eigenvalue weighted by Gasteiger charge is -2.12. The van der Waals surface area contributed by atoms with E-state index in [0.717, 1.165) is 53.7 Å². The highest BCUT2D eigenvalue weighted by molar-refractivity contribution is 7.27. The van der Waals surface area contributed by atoms with Crippen molar-refractivity contribution in [2.75, 3.05) is 0 Å². The van der Waals surface area contributed by atoms with Crippen LogP contribution in [0.2, 0.25) is 5.28 Å². The first-order valence-electron chi connectivity index (χ1n) is 13.6. The number of benzene rings is 5. The minimum absolute atomic E-state index is 0.242. The van der Waals surface area contributed by atoms with Crippen LogP contribution in [0, 0.1) is 0 Å². The Bertz CT molecular complexity index is 2640. The van der Waals surface area contributed by atoms with Crippen LogP contribution in [0.25, 0.3) is 91.0 Å². The molecule has 9 rings (SSSR count). The van der Waals surface area contributed by atoms with Crippen molar-refractivity contribution in [2.45, 2.75) is 0 Å². The maximum Gasteiger partial charge on any atom is 0.225 e. The number of hydrogen-bond acceptors (Lipinski definition) is 4. The number of nitrogens with zero attached hydrogens (tertiary/aromatic N) is 3. The Kier molecular flexibility index (Phi) is 5.00. The molecule has 5 aromatic carbocycles. The van der Waals surface area contributed by atoms with Crippen molar-refractivity contribution in [2.24, 2.45) is 0 Å². The van der Waals surface area contributed by atoms with E-state index in [4.69, 9.17) is 16.6 Å². The molecule has 0 aliphatic rings. The van der Waals surface area contributed by atoms with Crippen LogP contribution in [0.4, 0.5) is 0 Å². The van der Waals surface area contributed by atoms with Crippen molar-refractivity contribution >= 4 is 119 Å². The molecule has 0 unspecified atom stereocenters. The molecule has 0 saturated carbocycles. The van der Waals surface area contributed by atoms with Gasteiger partial charge in [-0.25, -0.2) is 4.98 Å². The summed E-state index contributed by atoms with van der Waals surface area (Å²) in [6.45, 7) is 8.10. The smallest absolute Gasteiger partial charge is 0.225 e. The number of halogens is 1. The third-order valence-corrected chi connectivity index (χ3v) is 10.7. The number of para-hydroxylation sites is 1. The fourth-order valence-electron chi connectivity index (χ4n) is 6.47. The highest BCUT2D eigenvalue weighted by Gasteiger charge is 2.24. The summed E-state index contributed by atoms with van der Waals surface area (Å²) in [5.74, 6) is 0.799. The third-order valence-electron chi connectivity index (χ3n) is 8.26. The van der Waals surface area contributed by atoms with Crippen LogP contribution in [0.3, 0.4) is 0 Å².